The van der Waals surface area contributed by atoms with E-state index in [2.05, 4.69) is 4.90 Å². The average molecular weight is 217 g/mol. The lowest BCUT2D eigenvalue weighted by atomic mass is 10.1. The van der Waals surface area contributed by atoms with E-state index in [1.54, 1.807) is 0 Å². The number of likely N-dealkylation sites (tertiary alicyclic amines) is 1. The first-order valence-corrected chi connectivity index (χ1v) is 5.92. The van der Waals surface area contributed by atoms with E-state index < -0.39 is 0 Å². The van der Waals surface area contributed by atoms with E-state index >= 15 is 0 Å². The summed E-state index contributed by atoms with van der Waals surface area (Å²) >= 11 is 0. The number of rotatable bonds is 7. The molecule has 2 N–H and O–H groups in total. The van der Waals surface area contributed by atoms with Crippen molar-refractivity contribution in [3.63, 3.8) is 0 Å². The third kappa shape index (κ3) is 5.47. The van der Waals surface area contributed by atoms with Crippen molar-refractivity contribution in [2.24, 2.45) is 0 Å². The third-order valence-electron chi connectivity index (χ3n) is 2.82. The minimum atomic E-state index is 0.218. The summed E-state index contributed by atoms with van der Waals surface area (Å²) in [4.78, 5) is 2.38. The van der Waals surface area contributed by atoms with Crippen LogP contribution in [-0.4, -0.2) is 60.7 Å². The van der Waals surface area contributed by atoms with Crippen molar-refractivity contribution in [1.82, 2.24) is 4.90 Å². The number of hydrogen-bond acceptors (Lipinski definition) is 4. The van der Waals surface area contributed by atoms with Gasteiger partial charge in [0, 0.05) is 39.5 Å². The van der Waals surface area contributed by atoms with Gasteiger partial charge < -0.3 is 19.8 Å². The molecule has 90 valence electrons. The van der Waals surface area contributed by atoms with Crippen LogP contribution in [0.3, 0.4) is 0 Å². The highest BCUT2D eigenvalue weighted by Crippen LogP contribution is 2.13. The van der Waals surface area contributed by atoms with Gasteiger partial charge in [0.1, 0.15) is 0 Å². The summed E-state index contributed by atoms with van der Waals surface area (Å²) in [5.74, 6) is 0. The molecule has 0 aliphatic carbocycles. The highest BCUT2D eigenvalue weighted by Gasteiger charge is 2.18. The van der Waals surface area contributed by atoms with E-state index in [1.165, 1.54) is 0 Å². The van der Waals surface area contributed by atoms with Gasteiger partial charge in [-0.05, 0) is 25.7 Å². The topological polar surface area (TPSA) is 52.9 Å². The molecule has 4 heteroatoms. The lowest BCUT2D eigenvalue weighted by Crippen LogP contribution is -2.37. The van der Waals surface area contributed by atoms with Crippen LogP contribution in [-0.2, 0) is 4.74 Å². The molecule has 0 amide bonds. The maximum Gasteiger partial charge on any atom is 0.0599 e. The minimum absolute atomic E-state index is 0.218. The zero-order valence-electron chi connectivity index (χ0n) is 9.40. The van der Waals surface area contributed by atoms with E-state index in [-0.39, 0.29) is 13.2 Å². The summed E-state index contributed by atoms with van der Waals surface area (Å²) in [7, 11) is 0. The van der Waals surface area contributed by atoms with Gasteiger partial charge in [-0.3, -0.25) is 0 Å². The number of ether oxygens (including phenoxy) is 1. The van der Waals surface area contributed by atoms with Crippen LogP contribution in [0.4, 0.5) is 0 Å². The summed E-state index contributed by atoms with van der Waals surface area (Å²) < 4.78 is 5.64. The second-order valence-electron chi connectivity index (χ2n) is 4.07. The Bertz CT molecular complexity index is 147. The number of aliphatic hydroxyl groups excluding tert-OH is 2. The lowest BCUT2D eigenvalue weighted by Gasteiger charge is -2.31. The van der Waals surface area contributed by atoms with Crippen LogP contribution in [0, 0.1) is 0 Å². The Morgan fingerprint density at radius 3 is 2.33 bits per heavy atom. The van der Waals surface area contributed by atoms with Crippen molar-refractivity contribution >= 4 is 0 Å². The SMILES string of the molecule is OCCCOC1CCN(CCCO)CC1. The molecule has 0 radical (unpaired) electrons. The summed E-state index contributed by atoms with van der Waals surface area (Å²) in [6.45, 7) is 4.33. The Kier molecular flexibility index (Phi) is 6.92. The fourth-order valence-electron chi connectivity index (χ4n) is 1.91. The zero-order valence-corrected chi connectivity index (χ0v) is 9.40. The van der Waals surface area contributed by atoms with Gasteiger partial charge in [-0.15, -0.1) is 0 Å². The van der Waals surface area contributed by atoms with Crippen LogP contribution in [0.25, 0.3) is 0 Å². The van der Waals surface area contributed by atoms with Crippen LogP contribution in [0.1, 0.15) is 25.7 Å². The Morgan fingerprint density at radius 2 is 1.73 bits per heavy atom. The third-order valence-corrected chi connectivity index (χ3v) is 2.82. The van der Waals surface area contributed by atoms with Gasteiger partial charge in [0.05, 0.1) is 6.10 Å². The predicted octanol–water partition coefficient (Wildman–Crippen LogP) is 0.232. The molecule has 0 aromatic carbocycles. The van der Waals surface area contributed by atoms with Crippen molar-refractivity contribution < 1.29 is 14.9 Å². The van der Waals surface area contributed by atoms with E-state index in [0.29, 0.717) is 12.7 Å². The van der Waals surface area contributed by atoms with Gasteiger partial charge in [-0.2, -0.15) is 0 Å². The number of aliphatic hydroxyl groups is 2. The van der Waals surface area contributed by atoms with E-state index in [0.717, 1.165) is 45.3 Å². The molecule has 0 aromatic heterocycles. The average Bonchev–Trinajstić information content (AvgIpc) is 2.28. The highest BCUT2D eigenvalue weighted by molar-refractivity contribution is 4.72. The van der Waals surface area contributed by atoms with E-state index in [1.807, 2.05) is 0 Å². The molecule has 1 saturated heterocycles. The van der Waals surface area contributed by atoms with Crippen molar-refractivity contribution in [1.29, 1.82) is 0 Å². The molecule has 1 heterocycles. The van der Waals surface area contributed by atoms with Gasteiger partial charge >= 0.3 is 0 Å². The summed E-state index contributed by atoms with van der Waals surface area (Å²) in [5.41, 5.74) is 0. The zero-order chi connectivity index (χ0) is 10.9. The lowest BCUT2D eigenvalue weighted by molar-refractivity contribution is 0.00155. The number of nitrogens with zero attached hydrogens (tertiary/aromatic N) is 1. The summed E-state index contributed by atoms with van der Waals surface area (Å²) in [5, 5.41) is 17.3. The smallest absolute Gasteiger partial charge is 0.0599 e. The van der Waals surface area contributed by atoms with Gasteiger partial charge in [0.25, 0.3) is 0 Å². The van der Waals surface area contributed by atoms with Crippen molar-refractivity contribution in [3.05, 3.63) is 0 Å². The van der Waals surface area contributed by atoms with Gasteiger partial charge in [0.2, 0.25) is 0 Å². The summed E-state index contributed by atoms with van der Waals surface area (Å²) in [6, 6.07) is 0. The molecule has 0 spiro atoms. The second-order valence-corrected chi connectivity index (χ2v) is 4.07. The predicted molar refractivity (Wildman–Crippen MR) is 58.8 cm³/mol. The van der Waals surface area contributed by atoms with Gasteiger partial charge in [-0.1, -0.05) is 0 Å². The monoisotopic (exact) mass is 217 g/mol. The molecule has 1 aliphatic rings. The maximum atomic E-state index is 8.72. The molecule has 0 atom stereocenters. The Morgan fingerprint density at radius 1 is 1.07 bits per heavy atom. The first kappa shape index (κ1) is 12.9. The molecule has 1 rings (SSSR count). The van der Waals surface area contributed by atoms with Crippen LogP contribution in [0.15, 0.2) is 0 Å². The van der Waals surface area contributed by atoms with Gasteiger partial charge in [0.15, 0.2) is 0 Å². The first-order valence-electron chi connectivity index (χ1n) is 5.92. The second kappa shape index (κ2) is 8.05. The highest BCUT2D eigenvalue weighted by atomic mass is 16.5. The molecule has 0 saturated carbocycles. The molecule has 4 nitrogen and oxygen atoms in total. The standard InChI is InChI=1S/C11H23NO3/c13-8-1-5-12-6-3-11(4-7-12)15-10-2-9-14/h11,13-14H,1-10H2. The molecule has 0 bridgehead atoms. The van der Waals surface area contributed by atoms with Crippen LogP contribution in [0.2, 0.25) is 0 Å². The molecule has 0 aromatic rings. The fourth-order valence-corrected chi connectivity index (χ4v) is 1.91. The largest absolute Gasteiger partial charge is 0.396 e. The normalized spacial score (nSPS) is 19.6. The van der Waals surface area contributed by atoms with Crippen molar-refractivity contribution in [2.75, 3.05) is 39.5 Å². The Balaban J connectivity index is 2.02. The minimum Gasteiger partial charge on any atom is -0.396 e. The van der Waals surface area contributed by atoms with Crippen LogP contribution in [0.5, 0.6) is 0 Å². The van der Waals surface area contributed by atoms with E-state index in [9.17, 15) is 0 Å². The fraction of sp³-hybridized carbons (Fsp3) is 1.00. The Hall–Kier alpha value is -0.160. The van der Waals surface area contributed by atoms with E-state index in [4.69, 9.17) is 14.9 Å². The quantitative estimate of drug-likeness (QED) is 0.600. The Labute approximate surface area is 91.8 Å². The van der Waals surface area contributed by atoms with Crippen molar-refractivity contribution in [2.45, 2.75) is 31.8 Å². The van der Waals surface area contributed by atoms with Crippen molar-refractivity contribution in [3.8, 4) is 0 Å². The molecule has 1 fully saturated rings. The molecule has 15 heavy (non-hydrogen) atoms. The molecule has 1 aliphatic heterocycles. The van der Waals surface area contributed by atoms with Crippen LogP contribution >= 0.6 is 0 Å². The summed E-state index contributed by atoms with van der Waals surface area (Å²) in [6.07, 6.45) is 4.15. The molecular formula is C11H23NO3. The van der Waals surface area contributed by atoms with Crippen LogP contribution < -0.4 is 0 Å². The van der Waals surface area contributed by atoms with Gasteiger partial charge in [-0.25, -0.2) is 0 Å². The molecular weight excluding hydrogens is 194 g/mol. The maximum absolute atomic E-state index is 8.72. The number of hydrogen-bond donors (Lipinski definition) is 2. The first-order chi connectivity index (χ1) is 7.36. The molecule has 0 unspecified atom stereocenters. The number of piperidine rings is 1.